The zero-order chi connectivity index (χ0) is 22.2. The summed E-state index contributed by atoms with van der Waals surface area (Å²) in [4.78, 5) is 13.4. The Bertz CT molecular complexity index is 1040. The number of carbonyl (C=O) groups is 1. The van der Waals surface area contributed by atoms with Gasteiger partial charge in [-0.3, -0.25) is 4.79 Å². The van der Waals surface area contributed by atoms with Crippen molar-refractivity contribution in [2.24, 2.45) is 0 Å². The van der Waals surface area contributed by atoms with Gasteiger partial charge in [0.25, 0.3) is 0 Å². The lowest BCUT2D eigenvalue weighted by molar-refractivity contribution is -0.122. The fourth-order valence-corrected chi connectivity index (χ4v) is 4.32. The van der Waals surface area contributed by atoms with E-state index in [1.165, 1.54) is 0 Å². The largest absolute Gasteiger partial charge is 0.496 e. The smallest absolute Gasteiger partial charge is 0.221 e. The second kappa shape index (κ2) is 9.97. The second-order valence-corrected chi connectivity index (χ2v) is 7.77. The quantitative estimate of drug-likeness (QED) is 0.369. The highest BCUT2D eigenvalue weighted by molar-refractivity contribution is 5.80. The van der Waals surface area contributed by atoms with Crippen LogP contribution in [0.1, 0.15) is 28.7 Å². The molecule has 0 aliphatic heterocycles. The predicted molar refractivity (Wildman–Crippen MR) is 129 cm³/mol. The third-order valence-corrected chi connectivity index (χ3v) is 5.89. The molecule has 0 atom stereocenters. The minimum Gasteiger partial charge on any atom is -0.496 e. The Morgan fingerprint density at radius 2 is 1.12 bits per heavy atom. The van der Waals surface area contributed by atoms with Crippen molar-refractivity contribution in [3.05, 3.63) is 138 Å². The first-order valence-corrected chi connectivity index (χ1v) is 10.8. The SMILES string of the molecule is COc1ccccc1CNC(=O)CC(c1ccccc1)(c1ccccc1)c1ccccc1. The van der Waals surface area contributed by atoms with E-state index in [2.05, 4.69) is 41.7 Å². The average molecular weight is 422 g/mol. The summed E-state index contributed by atoms with van der Waals surface area (Å²) < 4.78 is 5.44. The summed E-state index contributed by atoms with van der Waals surface area (Å²) in [5.74, 6) is 0.751. The van der Waals surface area contributed by atoms with Gasteiger partial charge in [0.05, 0.1) is 12.5 Å². The van der Waals surface area contributed by atoms with Crippen LogP contribution in [0.15, 0.2) is 115 Å². The van der Waals surface area contributed by atoms with Crippen LogP contribution < -0.4 is 10.1 Å². The second-order valence-electron chi connectivity index (χ2n) is 7.77. The molecule has 1 N–H and O–H groups in total. The summed E-state index contributed by atoms with van der Waals surface area (Å²) in [7, 11) is 1.64. The Morgan fingerprint density at radius 3 is 1.59 bits per heavy atom. The Hall–Kier alpha value is -3.85. The van der Waals surface area contributed by atoms with Crippen molar-refractivity contribution in [3.63, 3.8) is 0 Å². The van der Waals surface area contributed by atoms with Crippen LogP contribution in [0.5, 0.6) is 5.75 Å². The molecule has 4 aromatic rings. The number of carbonyl (C=O) groups excluding carboxylic acids is 1. The lowest BCUT2D eigenvalue weighted by atomic mass is 9.67. The van der Waals surface area contributed by atoms with Crippen molar-refractivity contribution in [2.45, 2.75) is 18.4 Å². The molecule has 0 bridgehead atoms. The van der Waals surface area contributed by atoms with Crippen molar-refractivity contribution >= 4 is 5.91 Å². The Labute approximate surface area is 189 Å². The van der Waals surface area contributed by atoms with E-state index < -0.39 is 5.41 Å². The molecule has 0 fully saturated rings. The molecule has 3 heteroatoms. The van der Waals surface area contributed by atoms with E-state index in [-0.39, 0.29) is 5.91 Å². The third-order valence-electron chi connectivity index (χ3n) is 5.89. The molecule has 0 aliphatic rings. The molecule has 32 heavy (non-hydrogen) atoms. The Morgan fingerprint density at radius 1 is 0.688 bits per heavy atom. The molecule has 0 saturated heterocycles. The molecule has 0 radical (unpaired) electrons. The van der Waals surface area contributed by atoms with E-state index in [9.17, 15) is 4.79 Å². The maximum Gasteiger partial charge on any atom is 0.221 e. The topological polar surface area (TPSA) is 38.3 Å². The van der Waals surface area contributed by atoms with Crippen LogP contribution in [0.25, 0.3) is 0 Å². The normalized spacial score (nSPS) is 11.0. The van der Waals surface area contributed by atoms with E-state index >= 15 is 0 Å². The van der Waals surface area contributed by atoms with Crippen LogP contribution in [0.2, 0.25) is 0 Å². The number of nitrogens with one attached hydrogen (secondary N) is 1. The summed E-state index contributed by atoms with van der Waals surface area (Å²) in [6.45, 7) is 0.414. The summed E-state index contributed by atoms with van der Waals surface area (Å²) in [5.41, 5.74) is 3.61. The van der Waals surface area contributed by atoms with E-state index in [0.29, 0.717) is 13.0 Å². The highest BCUT2D eigenvalue weighted by atomic mass is 16.5. The zero-order valence-electron chi connectivity index (χ0n) is 18.2. The highest BCUT2D eigenvalue weighted by Crippen LogP contribution is 2.42. The standard InChI is InChI=1S/C29H27NO2/c1-32-27-20-12-11-13-23(27)22-30-28(31)21-29(24-14-5-2-6-15-24,25-16-7-3-8-17-25)26-18-9-4-10-19-26/h2-20H,21-22H2,1H3,(H,30,31). The molecule has 0 aromatic heterocycles. The van der Waals surface area contributed by atoms with Gasteiger partial charge in [-0.25, -0.2) is 0 Å². The van der Waals surface area contributed by atoms with Gasteiger partial charge >= 0.3 is 0 Å². The van der Waals surface area contributed by atoms with Gasteiger partial charge in [-0.2, -0.15) is 0 Å². The summed E-state index contributed by atoms with van der Waals surface area (Å²) in [6, 6.07) is 38.6. The number of benzene rings is 4. The molecule has 160 valence electrons. The summed E-state index contributed by atoms with van der Waals surface area (Å²) >= 11 is 0. The van der Waals surface area contributed by atoms with Gasteiger partial charge in [0.15, 0.2) is 0 Å². The number of amides is 1. The van der Waals surface area contributed by atoms with Gasteiger partial charge in [0, 0.05) is 18.5 Å². The van der Waals surface area contributed by atoms with Gasteiger partial charge in [-0.15, -0.1) is 0 Å². The molecule has 0 heterocycles. The summed E-state index contributed by atoms with van der Waals surface area (Å²) in [5, 5.41) is 3.12. The van der Waals surface area contributed by atoms with Crippen LogP contribution in [0.4, 0.5) is 0 Å². The first kappa shape index (κ1) is 21.4. The number of rotatable bonds is 8. The van der Waals surface area contributed by atoms with Crippen LogP contribution in [-0.4, -0.2) is 13.0 Å². The Balaban J connectivity index is 1.73. The maximum atomic E-state index is 13.4. The average Bonchev–Trinajstić information content (AvgIpc) is 2.88. The number of methoxy groups -OCH3 is 1. The van der Waals surface area contributed by atoms with Crippen molar-refractivity contribution < 1.29 is 9.53 Å². The van der Waals surface area contributed by atoms with Crippen LogP contribution in [0, 0.1) is 0 Å². The predicted octanol–water partition coefficient (Wildman–Crippen LogP) is 5.74. The molecular weight excluding hydrogens is 394 g/mol. The molecular formula is C29H27NO2. The number of hydrogen-bond acceptors (Lipinski definition) is 2. The highest BCUT2D eigenvalue weighted by Gasteiger charge is 2.38. The number of hydrogen-bond donors (Lipinski definition) is 1. The van der Waals surface area contributed by atoms with Crippen molar-refractivity contribution in [2.75, 3.05) is 7.11 Å². The van der Waals surface area contributed by atoms with Crippen molar-refractivity contribution in [1.82, 2.24) is 5.32 Å². The molecule has 0 saturated carbocycles. The monoisotopic (exact) mass is 421 g/mol. The molecule has 3 nitrogen and oxygen atoms in total. The minimum absolute atomic E-state index is 0.0209. The van der Waals surface area contributed by atoms with E-state index in [1.807, 2.05) is 78.9 Å². The van der Waals surface area contributed by atoms with Crippen molar-refractivity contribution in [3.8, 4) is 5.75 Å². The minimum atomic E-state index is -0.603. The van der Waals surface area contributed by atoms with E-state index in [4.69, 9.17) is 4.74 Å². The third kappa shape index (κ3) is 4.42. The maximum absolute atomic E-state index is 13.4. The fourth-order valence-electron chi connectivity index (χ4n) is 4.32. The van der Waals surface area contributed by atoms with Crippen molar-refractivity contribution in [1.29, 1.82) is 0 Å². The number of para-hydroxylation sites is 1. The van der Waals surface area contributed by atoms with Gasteiger partial charge in [0.1, 0.15) is 5.75 Å². The molecule has 4 aromatic carbocycles. The lowest BCUT2D eigenvalue weighted by Crippen LogP contribution is -2.37. The lowest BCUT2D eigenvalue weighted by Gasteiger charge is -2.35. The first-order chi connectivity index (χ1) is 15.7. The van der Waals surface area contributed by atoms with Gasteiger partial charge in [0.2, 0.25) is 5.91 Å². The molecule has 1 amide bonds. The fraction of sp³-hybridized carbons (Fsp3) is 0.138. The van der Waals surface area contributed by atoms with Crippen LogP contribution in [0.3, 0.4) is 0 Å². The molecule has 0 aliphatic carbocycles. The van der Waals surface area contributed by atoms with Crippen LogP contribution >= 0.6 is 0 Å². The van der Waals surface area contributed by atoms with Crippen LogP contribution in [-0.2, 0) is 16.8 Å². The van der Waals surface area contributed by atoms with E-state index in [0.717, 1.165) is 28.0 Å². The van der Waals surface area contributed by atoms with Gasteiger partial charge in [-0.1, -0.05) is 109 Å². The zero-order valence-corrected chi connectivity index (χ0v) is 18.2. The van der Waals surface area contributed by atoms with Gasteiger partial charge in [-0.05, 0) is 22.8 Å². The number of ether oxygens (including phenoxy) is 1. The molecule has 0 unspecified atom stereocenters. The Kier molecular flexibility index (Phi) is 6.66. The van der Waals surface area contributed by atoms with E-state index in [1.54, 1.807) is 7.11 Å². The summed E-state index contributed by atoms with van der Waals surface area (Å²) in [6.07, 6.45) is 0.292. The molecule has 4 rings (SSSR count). The van der Waals surface area contributed by atoms with Gasteiger partial charge < -0.3 is 10.1 Å². The first-order valence-electron chi connectivity index (χ1n) is 10.8. The molecule has 0 spiro atoms.